The monoisotopic (exact) mass is 426 g/mol. The van der Waals surface area contributed by atoms with Crippen molar-refractivity contribution >= 4 is 17.6 Å². The summed E-state index contributed by atoms with van der Waals surface area (Å²) < 4.78 is 15.9. The summed E-state index contributed by atoms with van der Waals surface area (Å²) in [4.78, 5) is 23.7. The number of carbonyl (C=O) groups is 2. The highest BCUT2D eigenvalue weighted by Crippen LogP contribution is 2.36. The summed E-state index contributed by atoms with van der Waals surface area (Å²) in [5.74, 6) is 0.781. The molecule has 8 nitrogen and oxygen atoms in total. The first kappa shape index (κ1) is 22.1. The summed E-state index contributed by atoms with van der Waals surface area (Å²) in [6.45, 7) is 0. The number of benzene rings is 2. The van der Waals surface area contributed by atoms with E-state index in [-0.39, 0.29) is 31.2 Å². The maximum Gasteiger partial charge on any atom is 0.303 e. The molecule has 1 unspecified atom stereocenters. The minimum absolute atomic E-state index is 0.0565. The second kappa shape index (κ2) is 9.97. The summed E-state index contributed by atoms with van der Waals surface area (Å²) in [7, 11) is 4.74. The molecule has 1 N–H and O–H groups in total. The molecule has 0 saturated heterocycles. The Labute approximate surface area is 181 Å². The average Bonchev–Trinajstić information content (AvgIpc) is 3.24. The van der Waals surface area contributed by atoms with Crippen LogP contribution in [-0.2, 0) is 9.59 Å². The lowest BCUT2D eigenvalue weighted by Crippen LogP contribution is -2.27. The third kappa shape index (κ3) is 5.14. The van der Waals surface area contributed by atoms with Crippen LogP contribution in [0.15, 0.2) is 47.6 Å². The van der Waals surface area contributed by atoms with Crippen molar-refractivity contribution in [2.45, 2.75) is 31.7 Å². The van der Waals surface area contributed by atoms with Crippen molar-refractivity contribution in [1.29, 1.82) is 0 Å². The molecule has 0 spiro atoms. The lowest BCUT2D eigenvalue weighted by atomic mass is 9.98. The number of hydrogen-bond acceptors (Lipinski definition) is 6. The summed E-state index contributed by atoms with van der Waals surface area (Å²) in [5.41, 5.74) is 2.50. The van der Waals surface area contributed by atoms with E-state index in [1.54, 1.807) is 27.4 Å². The molecule has 0 saturated carbocycles. The Hall–Kier alpha value is -3.55. The van der Waals surface area contributed by atoms with E-state index >= 15 is 0 Å². The van der Waals surface area contributed by atoms with E-state index in [1.165, 1.54) is 5.01 Å². The molecule has 1 aliphatic heterocycles. The van der Waals surface area contributed by atoms with E-state index in [1.807, 2.05) is 36.4 Å². The standard InChI is InChI=1S/C23H26N2O6/c1-29-17-10-7-15(8-11-17)19-14-18(16-9-12-20(30-2)21(13-16)31-3)24-25(19)22(26)5-4-6-23(27)28/h7-13,19H,4-6,14H2,1-3H3,(H,27,28). The summed E-state index contributed by atoms with van der Waals surface area (Å²) in [5, 5.41) is 14.9. The summed E-state index contributed by atoms with van der Waals surface area (Å²) in [6.07, 6.45) is 0.842. The second-order valence-corrected chi connectivity index (χ2v) is 7.10. The van der Waals surface area contributed by atoms with Crippen molar-refractivity contribution in [3.8, 4) is 17.2 Å². The van der Waals surface area contributed by atoms with Gasteiger partial charge in [0, 0.05) is 24.8 Å². The van der Waals surface area contributed by atoms with E-state index in [2.05, 4.69) is 5.10 Å². The number of carboxylic acids is 1. The smallest absolute Gasteiger partial charge is 0.303 e. The van der Waals surface area contributed by atoms with Crippen molar-refractivity contribution in [3.05, 3.63) is 53.6 Å². The number of ether oxygens (including phenoxy) is 3. The highest BCUT2D eigenvalue weighted by molar-refractivity contribution is 6.03. The van der Waals surface area contributed by atoms with E-state index in [4.69, 9.17) is 19.3 Å². The molecule has 31 heavy (non-hydrogen) atoms. The first-order valence-corrected chi connectivity index (χ1v) is 9.94. The van der Waals surface area contributed by atoms with Gasteiger partial charge >= 0.3 is 5.97 Å². The van der Waals surface area contributed by atoms with Crippen molar-refractivity contribution in [1.82, 2.24) is 5.01 Å². The number of carbonyl (C=O) groups excluding carboxylic acids is 1. The third-order valence-electron chi connectivity index (χ3n) is 5.16. The maximum atomic E-state index is 12.9. The molecule has 164 valence electrons. The van der Waals surface area contributed by atoms with Gasteiger partial charge in [-0.05, 0) is 42.3 Å². The van der Waals surface area contributed by atoms with Crippen molar-refractivity contribution < 1.29 is 28.9 Å². The van der Waals surface area contributed by atoms with Gasteiger partial charge in [-0.2, -0.15) is 5.10 Å². The van der Waals surface area contributed by atoms with Gasteiger partial charge in [-0.1, -0.05) is 12.1 Å². The number of nitrogens with zero attached hydrogens (tertiary/aromatic N) is 2. The van der Waals surface area contributed by atoms with Gasteiger partial charge in [0.15, 0.2) is 11.5 Å². The maximum absolute atomic E-state index is 12.9. The third-order valence-corrected chi connectivity index (χ3v) is 5.16. The predicted molar refractivity (Wildman–Crippen MR) is 115 cm³/mol. The molecule has 8 heteroatoms. The molecule has 1 amide bonds. The largest absolute Gasteiger partial charge is 0.497 e. The van der Waals surface area contributed by atoms with Gasteiger partial charge < -0.3 is 19.3 Å². The zero-order valence-corrected chi connectivity index (χ0v) is 17.8. The summed E-state index contributed by atoms with van der Waals surface area (Å²) in [6, 6.07) is 12.7. The molecule has 0 bridgehead atoms. The molecule has 1 aliphatic rings. The van der Waals surface area contributed by atoms with Gasteiger partial charge in [0.1, 0.15) is 5.75 Å². The van der Waals surface area contributed by atoms with Crippen LogP contribution in [0.5, 0.6) is 17.2 Å². The topological polar surface area (TPSA) is 97.7 Å². The molecule has 0 fully saturated rings. The van der Waals surface area contributed by atoms with Crippen LogP contribution in [0, 0.1) is 0 Å². The Morgan fingerprint density at radius 2 is 1.71 bits per heavy atom. The van der Waals surface area contributed by atoms with Crippen LogP contribution in [0.4, 0.5) is 0 Å². The minimum atomic E-state index is -0.921. The second-order valence-electron chi connectivity index (χ2n) is 7.10. The lowest BCUT2D eigenvalue weighted by Gasteiger charge is -2.22. The minimum Gasteiger partial charge on any atom is -0.497 e. The number of carboxylic acid groups (broad SMARTS) is 1. The number of methoxy groups -OCH3 is 3. The lowest BCUT2D eigenvalue weighted by molar-refractivity contribution is -0.137. The molecule has 1 heterocycles. The molecular formula is C23H26N2O6. The number of hydrazone groups is 1. The fraction of sp³-hybridized carbons (Fsp3) is 0.348. The molecule has 3 rings (SSSR count). The van der Waals surface area contributed by atoms with Gasteiger partial charge in [0.05, 0.1) is 33.1 Å². The number of aliphatic carboxylic acids is 1. The van der Waals surface area contributed by atoms with Crippen LogP contribution >= 0.6 is 0 Å². The Balaban J connectivity index is 1.90. The zero-order chi connectivity index (χ0) is 22.4. The SMILES string of the molecule is COc1ccc(C2CC(c3ccc(OC)c(OC)c3)=NN2C(=O)CCCC(=O)O)cc1. The Bertz CT molecular complexity index is 971. The van der Waals surface area contributed by atoms with Crippen LogP contribution in [0.2, 0.25) is 0 Å². The van der Waals surface area contributed by atoms with Crippen LogP contribution in [0.1, 0.15) is 42.9 Å². The van der Waals surface area contributed by atoms with Crippen molar-refractivity contribution in [3.63, 3.8) is 0 Å². The Morgan fingerprint density at radius 1 is 1.00 bits per heavy atom. The molecular weight excluding hydrogens is 400 g/mol. The molecule has 0 aromatic heterocycles. The van der Waals surface area contributed by atoms with Crippen LogP contribution < -0.4 is 14.2 Å². The van der Waals surface area contributed by atoms with Gasteiger partial charge in [-0.25, -0.2) is 5.01 Å². The van der Waals surface area contributed by atoms with Crippen LogP contribution in [0.25, 0.3) is 0 Å². The van der Waals surface area contributed by atoms with Crippen molar-refractivity contribution in [2.75, 3.05) is 21.3 Å². The highest BCUT2D eigenvalue weighted by atomic mass is 16.5. The molecule has 0 aliphatic carbocycles. The van der Waals surface area contributed by atoms with Gasteiger partial charge in [0.25, 0.3) is 0 Å². The fourth-order valence-electron chi connectivity index (χ4n) is 3.52. The molecule has 0 radical (unpaired) electrons. The van der Waals surface area contributed by atoms with E-state index < -0.39 is 5.97 Å². The Morgan fingerprint density at radius 3 is 2.32 bits per heavy atom. The normalized spacial score (nSPS) is 15.4. The van der Waals surface area contributed by atoms with E-state index in [9.17, 15) is 9.59 Å². The summed E-state index contributed by atoms with van der Waals surface area (Å²) >= 11 is 0. The van der Waals surface area contributed by atoms with Crippen LogP contribution in [0.3, 0.4) is 0 Å². The average molecular weight is 426 g/mol. The fourth-order valence-corrected chi connectivity index (χ4v) is 3.52. The zero-order valence-electron chi connectivity index (χ0n) is 17.8. The first-order valence-electron chi connectivity index (χ1n) is 9.94. The predicted octanol–water partition coefficient (Wildman–Crippen LogP) is 3.65. The van der Waals surface area contributed by atoms with E-state index in [0.717, 1.165) is 22.6 Å². The van der Waals surface area contributed by atoms with Crippen LogP contribution in [-0.4, -0.2) is 49.0 Å². The number of amides is 1. The molecule has 1 atom stereocenters. The number of rotatable bonds is 9. The molecule has 2 aromatic rings. The van der Waals surface area contributed by atoms with Gasteiger partial charge in [-0.3, -0.25) is 9.59 Å². The van der Waals surface area contributed by atoms with Gasteiger partial charge in [-0.15, -0.1) is 0 Å². The first-order chi connectivity index (χ1) is 15.0. The van der Waals surface area contributed by atoms with Gasteiger partial charge in [0.2, 0.25) is 5.91 Å². The highest BCUT2D eigenvalue weighted by Gasteiger charge is 2.33. The van der Waals surface area contributed by atoms with E-state index in [0.29, 0.717) is 17.9 Å². The quantitative estimate of drug-likeness (QED) is 0.657. The van der Waals surface area contributed by atoms with Crippen molar-refractivity contribution in [2.24, 2.45) is 5.10 Å². The Kier molecular flexibility index (Phi) is 7.12. The number of hydrogen-bond donors (Lipinski definition) is 1. The molecule has 2 aromatic carbocycles.